The zero-order valence-corrected chi connectivity index (χ0v) is 30.5. The van der Waals surface area contributed by atoms with Crippen molar-refractivity contribution in [3.63, 3.8) is 0 Å². The van der Waals surface area contributed by atoms with Crippen molar-refractivity contribution in [2.45, 2.75) is 0 Å². The van der Waals surface area contributed by atoms with Gasteiger partial charge < -0.3 is 9.13 Å². The Balaban J connectivity index is 1.32. The van der Waals surface area contributed by atoms with E-state index in [0.29, 0.717) is 0 Å². The third kappa shape index (κ3) is 4.38. The van der Waals surface area contributed by atoms with Gasteiger partial charge in [0.2, 0.25) is 0 Å². The lowest BCUT2D eigenvalue weighted by Gasteiger charge is -2.17. The maximum absolute atomic E-state index is 2.53. The van der Waals surface area contributed by atoms with Gasteiger partial charge in [-0.3, -0.25) is 0 Å². The third-order valence-electron chi connectivity index (χ3n) is 11.9. The lowest BCUT2D eigenvalue weighted by molar-refractivity contribution is 1.15. The highest BCUT2D eigenvalue weighted by Crippen LogP contribution is 2.51. The van der Waals surface area contributed by atoms with Crippen LogP contribution in [-0.2, 0) is 0 Å². The number of rotatable bonds is 4. The van der Waals surface area contributed by atoms with Crippen LogP contribution in [0.2, 0.25) is 0 Å². The molecular weight excluding hydrogens is 677 g/mol. The molecule has 0 spiro atoms. The molecule has 0 amide bonds. The Labute approximate surface area is 323 Å². The Hall–Kier alpha value is -7.42. The molecule has 2 aromatic heterocycles. The van der Waals surface area contributed by atoms with E-state index in [2.05, 4.69) is 215 Å². The third-order valence-corrected chi connectivity index (χ3v) is 11.9. The van der Waals surface area contributed by atoms with Crippen LogP contribution in [-0.4, -0.2) is 9.13 Å². The van der Waals surface area contributed by atoms with E-state index in [1.807, 2.05) is 0 Å². The topological polar surface area (TPSA) is 9.86 Å². The molecule has 2 heterocycles. The number of aromatic nitrogens is 2. The Morgan fingerprint density at radius 1 is 0.214 bits per heavy atom. The molecule has 12 rings (SSSR count). The Morgan fingerprint density at radius 3 is 0.911 bits per heavy atom. The fourth-order valence-electron chi connectivity index (χ4n) is 9.50. The van der Waals surface area contributed by atoms with E-state index in [1.165, 1.54) is 98.2 Å². The summed E-state index contributed by atoms with van der Waals surface area (Å²) in [6, 6.07) is 75.6. The lowest BCUT2D eigenvalue weighted by atomic mass is 9.89. The van der Waals surface area contributed by atoms with Gasteiger partial charge in [0.05, 0.1) is 22.1 Å². The molecule has 2 heteroatoms. The standard InChI is InChI=1S/C54H34N2/c1-3-15-35(16-4-1)37-27-31-39(32-28-37)55-47-25-13-11-23-45(47)51-49-43-21-9-7-19-41(43)42-20-8-10-22-44(42)50(49)52-46-24-12-14-26-48(46)56(54(52)53(51)55)40-33-29-38(30-34-40)36-17-5-2-6-18-36/h1-34H. The summed E-state index contributed by atoms with van der Waals surface area (Å²) in [6.45, 7) is 0. The molecule has 0 radical (unpaired) electrons. The number of nitrogens with zero attached hydrogens (tertiary/aromatic N) is 2. The molecule has 0 aliphatic rings. The van der Waals surface area contributed by atoms with Gasteiger partial charge in [-0.05, 0) is 80.2 Å². The van der Waals surface area contributed by atoms with E-state index in [0.717, 1.165) is 11.4 Å². The highest BCUT2D eigenvalue weighted by Gasteiger charge is 2.27. The minimum atomic E-state index is 1.14. The van der Waals surface area contributed by atoms with Crippen molar-refractivity contribution >= 4 is 75.9 Å². The van der Waals surface area contributed by atoms with Gasteiger partial charge in [0.15, 0.2) is 0 Å². The highest BCUT2D eigenvalue weighted by molar-refractivity contribution is 6.45. The van der Waals surface area contributed by atoms with E-state index in [9.17, 15) is 0 Å². The van der Waals surface area contributed by atoms with Gasteiger partial charge in [-0.25, -0.2) is 0 Å². The second kappa shape index (κ2) is 12.0. The van der Waals surface area contributed by atoms with Crippen LogP contribution in [0.5, 0.6) is 0 Å². The summed E-state index contributed by atoms with van der Waals surface area (Å²) >= 11 is 0. The number of hydrogen-bond donors (Lipinski definition) is 0. The van der Waals surface area contributed by atoms with Crippen LogP contribution in [0, 0.1) is 0 Å². The molecule has 0 unspecified atom stereocenters. The van der Waals surface area contributed by atoms with Crippen molar-refractivity contribution in [1.29, 1.82) is 0 Å². The molecule has 260 valence electrons. The molecule has 0 aliphatic carbocycles. The van der Waals surface area contributed by atoms with Crippen LogP contribution < -0.4 is 0 Å². The average Bonchev–Trinajstić information content (AvgIpc) is 3.81. The maximum atomic E-state index is 2.53. The average molecular weight is 711 g/mol. The van der Waals surface area contributed by atoms with Crippen molar-refractivity contribution in [2.75, 3.05) is 0 Å². The van der Waals surface area contributed by atoms with E-state index in [4.69, 9.17) is 0 Å². The van der Waals surface area contributed by atoms with E-state index in [-0.39, 0.29) is 0 Å². The van der Waals surface area contributed by atoms with Gasteiger partial charge in [0.1, 0.15) is 0 Å². The largest absolute Gasteiger partial charge is 0.307 e. The smallest absolute Gasteiger partial charge is 0.0795 e. The predicted octanol–water partition coefficient (Wildman–Crippen LogP) is 14.7. The number of hydrogen-bond acceptors (Lipinski definition) is 0. The zero-order chi connectivity index (χ0) is 36.7. The molecule has 0 aliphatic heterocycles. The first-order chi connectivity index (χ1) is 27.8. The first kappa shape index (κ1) is 31.0. The first-order valence-electron chi connectivity index (χ1n) is 19.4. The minimum Gasteiger partial charge on any atom is -0.307 e. The van der Waals surface area contributed by atoms with Crippen LogP contribution in [0.15, 0.2) is 206 Å². The van der Waals surface area contributed by atoms with Crippen LogP contribution in [0.4, 0.5) is 0 Å². The van der Waals surface area contributed by atoms with Gasteiger partial charge in [-0.2, -0.15) is 0 Å². The van der Waals surface area contributed by atoms with Crippen molar-refractivity contribution < 1.29 is 0 Å². The van der Waals surface area contributed by atoms with Crippen LogP contribution >= 0.6 is 0 Å². The zero-order valence-electron chi connectivity index (χ0n) is 30.5. The Kier molecular flexibility index (Phi) is 6.66. The molecule has 0 atom stereocenters. The normalized spacial score (nSPS) is 11.9. The van der Waals surface area contributed by atoms with Gasteiger partial charge in [0.25, 0.3) is 0 Å². The van der Waals surface area contributed by atoms with Crippen molar-refractivity contribution in [2.24, 2.45) is 0 Å². The lowest BCUT2D eigenvalue weighted by Crippen LogP contribution is -1.99. The molecule has 12 aromatic rings. The minimum absolute atomic E-state index is 1.14. The summed E-state index contributed by atoms with van der Waals surface area (Å²) in [4.78, 5) is 0. The summed E-state index contributed by atoms with van der Waals surface area (Å²) in [5, 5.41) is 12.8. The summed E-state index contributed by atoms with van der Waals surface area (Å²) in [5.41, 5.74) is 11.9. The number of benzene rings is 10. The summed E-state index contributed by atoms with van der Waals surface area (Å²) in [6.07, 6.45) is 0. The van der Waals surface area contributed by atoms with Crippen molar-refractivity contribution in [3.8, 4) is 33.6 Å². The molecule has 2 nitrogen and oxygen atoms in total. The SMILES string of the molecule is c1ccc(-c2ccc(-n3c4ccccc4c4c5c6ccccc6c6ccccc6c5c5c6ccccc6n(-c6ccc(-c7ccccc7)cc6)c5c43)cc2)cc1. The second-order valence-electron chi connectivity index (χ2n) is 14.8. The van der Waals surface area contributed by atoms with E-state index < -0.39 is 0 Å². The predicted molar refractivity (Wildman–Crippen MR) is 239 cm³/mol. The van der Waals surface area contributed by atoms with E-state index in [1.54, 1.807) is 0 Å². The quantitative estimate of drug-likeness (QED) is 0.161. The molecule has 0 saturated heterocycles. The van der Waals surface area contributed by atoms with Gasteiger partial charge in [-0.1, -0.05) is 170 Å². The summed E-state index contributed by atoms with van der Waals surface area (Å²) in [5.74, 6) is 0. The molecule has 0 bridgehead atoms. The van der Waals surface area contributed by atoms with Crippen molar-refractivity contribution in [1.82, 2.24) is 9.13 Å². The number of fused-ring (bicyclic) bond motifs is 15. The van der Waals surface area contributed by atoms with E-state index >= 15 is 0 Å². The molecule has 0 fully saturated rings. The Morgan fingerprint density at radius 2 is 0.518 bits per heavy atom. The van der Waals surface area contributed by atoms with Gasteiger partial charge in [0, 0.05) is 43.7 Å². The first-order valence-corrected chi connectivity index (χ1v) is 19.4. The van der Waals surface area contributed by atoms with Crippen LogP contribution in [0.1, 0.15) is 0 Å². The second-order valence-corrected chi connectivity index (χ2v) is 14.8. The Bertz CT molecular complexity index is 3240. The highest BCUT2D eigenvalue weighted by atomic mass is 15.0. The summed E-state index contributed by atoms with van der Waals surface area (Å²) < 4.78 is 5.05. The van der Waals surface area contributed by atoms with Crippen LogP contribution in [0.3, 0.4) is 0 Å². The molecule has 0 saturated carbocycles. The number of para-hydroxylation sites is 2. The monoisotopic (exact) mass is 710 g/mol. The molecule has 0 N–H and O–H groups in total. The molecule has 10 aromatic carbocycles. The molecular formula is C54H34N2. The molecule has 56 heavy (non-hydrogen) atoms. The van der Waals surface area contributed by atoms with Gasteiger partial charge in [-0.15, -0.1) is 0 Å². The fraction of sp³-hybridized carbons (Fsp3) is 0. The fourth-order valence-corrected chi connectivity index (χ4v) is 9.50. The summed E-state index contributed by atoms with van der Waals surface area (Å²) in [7, 11) is 0. The van der Waals surface area contributed by atoms with Gasteiger partial charge >= 0.3 is 0 Å². The van der Waals surface area contributed by atoms with Crippen molar-refractivity contribution in [3.05, 3.63) is 206 Å². The van der Waals surface area contributed by atoms with Crippen LogP contribution in [0.25, 0.3) is 110 Å². The maximum Gasteiger partial charge on any atom is 0.0795 e.